The Labute approximate surface area is 128 Å². The van der Waals surface area contributed by atoms with Crippen LogP contribution in [0.5, 0.6) is 5.75 Å². The number of aryl methyl sites for hydroxylation is 1. The molecule has 0 spiro atoms. The second-order valence-corrected chi connectivity index (χ2v) is 5.48. The minimum atomic E-state index is -0.228. The number of alkyl halides is 1. The summed E-state index contributed by atoms with van der Waals surface area (Å²) in [6, 6.07) is 7.82. The van der Waals surface area contributed by atoms with Crippen molar-refractivity contribution in [1.29, 1.82) is 0 Å². The second kappa shape index (κ2) is 5.41. The molecule has 0 amide bonds. The summed E-state index contributed by atoms with van der Waals surface area (Å²) >= 11 is 6.31. The van der Waals surface area contributed by atoms with Crippen LogP contribution in [-0.4, -0.2) is 25.9 Å². The fraction of sp³-hybridized carbons (Fsp3) is 0.333. The van der Waals surface area contributed by atoms with Gasteiger partial charge in [0, 0.05) is 19.3 Å². The van der Waals surface area contributed by atoms with E-state index in [1.807, 2.05) is 55.9 Å². The van der Waals surface area contributed by atoms with E-state index in [-0.39, 0.29) is 5.38 Å². The van der Waals surface area contributed by atoms with E-state index in [9.17, 15) is 0 Å². The van der Waals surface area contributed by atoms with Gasteiger partial charge in [-0.25, -0.2) is 4.98 Å². The van der Waals surface area contributed by atoms with Gasteiger partial charge in [-0.2, -0.15) is 5.10 Å². The SMILES string of the molecule is CCOc1cccc2c1nc(C(C)Cl)n2-c1ccn(C)n1. The first-order chi connectivity index (χ1) is 10.1. The summed E-state index contributed by atoms with van der Waals surface area (Å²) in [6.45, 7) is 4.46. The monoisotopic (exact) mass is 304 g/mol. The smallest absolute Gasteiger partial charge is 0.160 e. The van der Waals surface area contributed by atoms with Gasteiger partial charge in [0.15, 0.2) is 5.82 Å². The van der Waals surface area contributed by atoms with E-state index in [0.717, 1.165) is 28.4 Å². The number of rotatable bonds is 4. The third kappa shape index (κ3) is 2.38. The Morgan fingerprint density at radius 1 is 1.33 bits per heavy atom. The molecular weight excluding hydrogens is 288 g/mol. The summed E-state index contributed by atoms with van der Waals surface area (Å²) in [5.74, 6) is 2.33. The lowest BCUT2D eigenvalue weighted by atomic mass is 10.3. The molecule has 0 aliphatic carbocycles. The van der Waals surface area contributed by atoms with Crippen LogP contribution in [0, 0.1) is 0 Å². The Bertz CT molecular complexity index is 775. The number of halogens is 1. The van der Waals surface area contributed by atoms with Crippen molar-refractivity contribution in [3.8, 4) is 11.6 Å². The minimum Gasteiger partial charge on any atom is -0.492 e. The summed E-state index contributed by atoms with van der Waals surface area (Å²) in [7, 11) is 1.89. The standard InChI is InChI=1S/C15H17ClN4O/c1-4-21-12-7-5-6-11-14(12)17-15(10(2)16)20(11)13-8-9-19(3)18-13/h5-10H,4H2,1-3H3. The Kier molecular flexibility index (Phi) is 3.59. The molecule has 0 saturated carbocycles. The van der Waals surface area contributed by atoms with Crippen molar-refractivity contribution < 1.29 is 4.74 Å². The molecule has 2 aromatic heterocycles. The predicted molar refractivity (Wildman–Crippen MR) is 83.3 cm³/mol. The van der Waals surface area contributed by atoms with Crippen LogP contribution in [0.4, 0.5) is 0 Å². The highest BCUT2D eigenvalue weighted by molar-refractivity contribution is 6.20. The maximum absolute atomic E-state index is 6.31. The molecule has 6 heteroatoms. The van der Waals surface area contributed by atoms with Crippen LogP contribution in [0.1, 0.15) is 25.0 Å². The van der Waals surface area contributed by atoms with Gasteiger partial charge in [0.1, 0.15) is 17.1 Å². The van der Waals surface area contributed by atoms with Crippen molar-refractivity contribution in [2.24, 2.45) is 7.05 Å². The zero-order valence-electron chi connectivity index (χ0n) is 12.2. The van der Waals surface area contributed by atoms with Crippen LogP contribution in [0.3, 0.4) is 0 Å². The van der Waals surface area contributed by atoms with Crippen molar-refractivity contribution in [2.75, 3.05) is 6.61 Å². The van der Waals surface area contributed by atoms with Crippen LogP contribution < -0.4 is 4.74 Å². The number of nitrogens with zero attached hydrogens (tertiary/aromatic N) is 4. The fourth-order valence-electron chi connectivity index (χ4n) is 2.39. The van der Waals surface area contributed by atoms with E-state index in [0.29, 0.717) is 6.61 Å². The summed E-state index contributed by atoms with van der Waals surface area (Å²) in [6.07, 6.45) is 1.90. The van der Waals surface area contributed by atoms with Gasteiger partial charge in [-0.15, -0.1) is 11.6 Å². The Morgan fingerprint density at radius 2 is 2.14 bits per heavy atom. The Hall–Kier alpha value is -2.01. The van der Waals surface area contributed by atoms with Gasteiger partial charge >= 0.3 is 0 Å². The lowest BCUT2D eigenvalue weighted by Gasteiger charge is -2.07. The predicted octanol–water partition coefficient (Wildman–Crippen LogP) is 3.46. The highest BCUT2D eigenvalue weighted by Gasteiger charge is 2.19. The molecule has 0 fully saturated rings. The fourth-order valence-corrected chi connectivity index (χ4v) is 2.54. The van der Waals surface area contributed by atoms with Crippen molar-refractivity contribution in [2.45, 2.75) is 19.2 Å². The summed E-state index contributed by atoms with van der Waals surface area (Å²) < 4.78 is 9.41. The first kappa shape index (κ1) is 13.9. The zero-order chi connectivity index (χ0) is 15.0. The molecule has 0 radical (unpaired) electrons. The van der Waals surface area contributed by atoms with Crippen LogP contribution >= 0.6 is 11.6 Å². The highest BCUT2D eigenvalue weighted by atomic mass is 35.5. The van der Waals surface area contributed by atoms with Crippen LogP contribution in [-0.2, 0) is 7.05 Å². The number of aromatic nitrogens is 4. The summed E-state index contributed by atoms with van der Waals surface area (Å²) in [5.41, 5.74) is 1.76. The average molecular weight is 305 g/mol. The Balaban J connectivity index is 2.30. The zero-order valence-corrected chi connectivity index (χ0v) is 13.0. The van der Waals surface area contributed by atoms with Crippen molar-refractivity contribution in [3.05, 3.63) is 36.3 Å². The number of benzene rings is 1. The maximum atomic E-state index is 6.31. The van der Waals surface area contributed by atoms with E-state index in [1.54, 1.807) is 4.68 Å². The van der Waals surface area contributed by atoms with Gasteiger partial charge < -0.3 is 4.74 Å². The first-order valence-corrected chi connectivity index (χ1v) is 7.33. The van der Waals surface area contributed by atoms with Gasteiger partial charge in [0.05, 0.1) is 17.5 Å². The summed E-state index contributed by atoms with van der Waals surface area (Å²) in [4.78, 5) is 4.67. The van der Waals surface area contributed by atoms with Crippen molar-refractivity contribution in [1.82, 2.24) is 19.3 Å². The number of ether oxygens (including phenoxy) is 1. The van der Waals surface area contributed by atoms with Crippen LogP contribution in [0.25, 0.3) is 16.9 Å². The number of imidazole rings is 1. The van der Waals surface area contributed by atoms with Crippen LogP contribution in [0.2, 0.25) is 0 Å². The van der Waals surface area contributed by atoms with E-state index < -0.39 is 0 Å². The van der Waals surface area contributed by atoms with E-state index >= 15 is 0 Å². The lowest BCUT2D eigenvalue weighted by Crippen LogP contribution is -2.03. The van der Waals surface area contributed by atoms with Gasteiger partial charge in [-0.1, -0.05) is 6.07 Å². The molecule has 0 N–H and O–H groups in total. The molecular formula is C15H17ClN4O. The van der Waals surface area contributed by atoms with Gasteiger partial charge in [-0.3, -0.25) is 9.25 Å². The number of hydrogen-bond acceptors (Lipinski definition) is 3. The molecule has 21 heavy (non-hydrogen) atoms. The normalized spacial score (nSPS) is 12.8. The third-order valence-electron chi connectivity index (χ3n) is 3.26. The molecule has 110 valence electrons. The van der Waals surface area contributed by atoms with Gasteiger partial charge in [0.25, 0.3) is 0 Å². The number of hydrogen-bond donors (Lipinski definition) is 0. The largest absolute Gasteiger partial charge is 0.492 e. The molecule has 3 aromatic rings. The summed E-state index contributed by atoms with van der Waals surface area (Å²) in [5, 5.41) is 4.23. The minimum absolute atomic E-state index is 0.228. The molecule has 1 atom stereocenters. The quantitative estimate of drug-likeness (QED) is 0.693. The molecule has 0 aliphatic rings. The molecule has 5 nitrogen and oxygen atoms in total. The average Bonchev–Trinajstić information content (AvgIpc) is 3.03. The van der Waals surface area contributed by atoms with Crippen molar-refractivity contribution in [3.63, 3.8) is 0 Å². The molecule has 3 rings (SSSR count). The number of para-hydroxylation sites is 1. The van der Waals surface area contributed by atoms with Gasteiger partial charge in [0.2, 0.25) is 0 Å². The molecule has 0 saturated heterocycles. The maximum Gasteiger partial charge on any atom is 0.160 e. The molecule has 0 aliphatic heterocycles. The highest BCUT2D eigenvalue weighted by Crippen LogP contribution is 2.32. The van der Waals surface area contributed by atoms with E-state index in [1.165, 1.54) is 0 Å². The molecule has 1 unspecified atom stereocenters. The third-order valence-corrected chi connectivity index (χ3v) is 3.45. The second-order valence-electron chi connectivity index (χ2n) is 4.83. The first-order valence-electron chi connectivity index (χ1n) is 6.90. The van der Waals surface area contributed by atoms with E-state index in [2.05, 4.69) is 10.1 Å². The van der Waals surface area contributed by atoms with Crippen molar-refractivity contribution >= 4 is 22.6 Å². The number of fused-ring (bicyclic) bond motifs is 1. The van der Waals surface area contributed by atoms with Gasteiger partial charge in [-0.05, 0) is 26.0 Å². The molecule has 2 heterocycles. The molecule has 1 aromatic carbocycles. The Morgan fingerprint density at radius 3 is 2.76 bits per heavy atom. The topological polar surface area (TPSA) is 44.9 Å². The lowest BCUT2D eigenvalue weighted by molar-refractivity contribution is 0.343. The molecule has 0 bridgehead atoms. The van der Waals surface area contributed by atoms with Crippen LogP contribution in [0.15, 0.2) is 30.5 Å². The van der Waals surface area contributed by atoms with E-state index in [4.69, 9.17) is 16.3 Å².